The summed E-state index contributed by atoms with van der Waals surface area (Å²) in [5.74, 6) is -2.24. The number of hydrogen-bond acceptors (Lipinski definition) is 6. The number of hydrogen-bond donors (Lipinski definition) is 2. The number of Topliss-reactive ketones (excluding diaryl/α,β-unsaturated/α-hetero) is 1. The van der Waals surface area contributed by atoms with Gasteiger partial charge in [-0.2, -0.15) is 0 Å². The van der Waals surface area contributed by atoms with Crippen molar-refractivity contribution in [3.63, 3.8) is 0 Å². The van der Waals surface area contributed by atoms with Crippen LogP contribution in [-0.4, -0.2) is 71.1 Å². The Balaban J connectivity index is 1.66. The summed E-state index contributed by atoms with van der Waals surface area (Å²) in [6.07, 6.45) is 0.651. The van der Waals surface area contributed by atoms with E-state index in [-0.39, 0.29) is 22.6 Å². The van der Waals surface area contributed by atoms with Crippen LogP contribution >= 0.6 is 0 Å². The molecule has 0 radical (unpaired) electrons. The van der Waals surface area contributed by atoms with Crippen LogP contribution in [0.1, 0.15) is 23.6 Å². The average molecular weight is 440 g/mol. The Kier molecular flexibility index (Phi) is 6.53. The molecule has 32 heavy (non-hydrogen) atoms. The van der Waals surface area contributed by atoms with Crippen LogP contribution in [0.15, 0.2) is 54.1 Å². The van der Waals surface area contributed by atoms with Crippen LogP contribution in [0.25, 0.3) is 5.76 Å². The molecule has 2 N–H and O–H groups in total. The van der Waals surface area contributed by atoms with Crippen LogP contribution < -0.4 is 0 Å². The lowest BCUT2D eigenvalue weighted by Crippen LogP contribution is -2.38. The molecule has 4 rings (SSSR count). The third kappa shape index (κ3) is 4.51. The Bertz CT molecular complexity index is 1010. The number of ketones is 1. The smallest absolute Gasteiger partial charge is 0.295 e. The molecule has 168 valence electrons. The highest BCUT2D eigenvalue weighted by Gasteiger charge is 2.45. The fourth-order valence-electron chi connectivity index (χ4n) is 4.17. The number of benzene rings is 2. The van der Waals surface area contributed by atoms with E-state index < -0.39 is 23.5 Å². The van der Waals surface area contributed by atoms with Crippen molar-refractivity contribution < 1.29 is 28.9 Å². The Labute approximate surface area is 185 Å². The molecule has 2 fully saturated rings. The summed E-state index contributed by atoms with van der Waals surface area (Å²) in [5, 5.41) is 20.6. The minimum absolute atomic E-state index is 0.0429. The Morgan fingerprint density at radius 2 is 1.66 bits per heavy atom. The van der Waals surface area contributed by atoms with Gasteiger partial charge in [-0.1, -0.05) is 12.1 Å². The maximum absolute atomic E-state index is 13.3. The molecule has 7 nitrogen and oxygen atoms in total. The predicted molar refractivity (Wildman–Crippen MR) is 115 cm³/mol. The lowest BCUT2D eigenvalue weighted by atomic mass is 9.95. The summed E-state index contributed by atoms with van der Waals surface area (Å²) in [7, 11) is 0. The molecule has 0 aliphatic carbocycles. The molecule has 8 heteroatoms. The zero-order valence-electron chi connectivity index (χ0n) is 17.5. The summed E-state index contributed by atoms with van der Waals surface area (Å²) in [5.41, 5.74) is 0.803. The van der Waals surface area contributed by atoms with Gasteiger partial charge in [0.2, 0.25) is 0 Å². The van der Waals surface area contributed by atoms with Gasteiger partial charge in [-0.25, -0.2) is 4.39 Å². The summed E-state index contributed by atoms with van der Waals surface area (Å²) >= 11 is 0. The molecular formula is C24H25FN2O5. The first-order valence-corrected chi connectivity index (χ1v) is 10.6. The number of phenols is 1. The van der Waals surface area contributed by atoms with Crippen molar-refractivity contribution in [1.82, 2.24) is 9.80 Å². The highest BCUT2D eigenvalue weighted by Crippen LogP contribution is 2.39. The Morgan fingerprint density at radius 1 is 1.00 bits per heavy atom. The molecule has 0 aromatic heterocycles. The average Bonchev–Trinajstić information content (AvgIpc) is 3.05. The maximum atomic E-state index is 13.3. The van der Waals surface area contributed by atoms with E-state index >= 15 is 0 Å². The van der Waals surface area contributed by atoms with Gasteiger partial charge in [0.25, 0.3) is 11.7 Å². The highest BCUT2D eigenvalue weighted by atomic mass is 19.1. The van der Waals surface area contributed by atoms with E-state index in [1.807, 2.05) is 0 Å². The van der Waals surface area contributed by atoms with Crippen molar-refractivity contribution >= 4 is 17.4 Å². The normalized spacial score (nSPS) is 21.3. The number of rotatable bonds is 6. The van der Waals surface area contributed by atoms with E-state index in [1.54, 1.807) is 12.1 Å². The lowest BCUT2D eigenvalue weighted by molar-refractivity contribution is -0.140. The molecular weight excluding hydrogens is 415 g/mol. The van der Waals surface area contributed by atoms with Gasteiger partial charge >= 0.3 is 0 Å². The second-order valence-electron chi connectivity index (χ2n) is 7.90. The van der Waals surface area contributed by atoms with Crippen LogP contribution in [-0.2, 0) is 14.3 Å². The van der Waals surface area contributed by atoms with Crippen LogP contribution in [0.2, 0.25) is 0 Å². The third-order valence-corrected chi connectivity index (χ3v) is 5.84. The molecule has 0 bridgehead atoms. The first-order chi connectivity index (χ1) is 15.5. The number of phenolic OH excluding ortho intramolecular Hbond substituents is 1. The molecule has 2 aromatic rings. The molecule has 0 spiro atoms. The van der Waals surface area contributed by atoms with E-state index in [9.17, 15) is 24.2 Å². The minimum atomic E-state index is -0.801. The summed E-state index contributed by atoms with van der Waals surface area (Å²) < 4.78 is 18.7. The summed E-state index contributed by atoms with van der Waals surface area (Å²) in [4.78, 5) is 29.6. The molecule has 2 aliphatic rings. The number of halogens is 1. The zero-order chi connectivity index (χ0) is 22.7. The van der Waals surface area contributed by atoms with Crippen molar-refractivity contribution in [2.75, 3.05) is 39.4 Å². The van der Waals surface area contributed by atoms with E-state index in [1.165, 1.54) is 41.3 Å². The lowest BCUT2D eigenvalue weighted by Gasteiger charge is -2.29. The first kappa shape index (κ1) is 22.0. The van der Waals surface area contributed by atoms with E-state index in [4.69, 9.17) is 4.74 Å². The standard InChI is InChI=1S/C24H25FN2O5/c25-18-6-2-17(3-7-18)22(29)20-21(16-4-8-19(28)9-5-16)27(24(31)23(20)30)11-1-10-26-12-14-32-15-13-26/h2-9,21,28-29H,1,10-15H2/b22-20+/t21-/m0/s1. The Morgan fingerprint density at radius 3 is 2.31 bits per heavy atom. The number of morpholine rings is 1. The van der Waals surface area contributed by atoms with Crippen LogP contribution in [0, 0.1) is 5.82 Å². The van der Waals surface area contributed by atoms with Crippen molar-refractivity contribution in [2.24, 2.45) is 0 Å². The number of ether oxygens (including phenoxy) is 1. The topological polar surface area (TPSA) is 90.3 Å². The van der Waals surface area contributed by atoms with Gasteiger partial charge in [-0.3, -0.25) is 14.5 Å². The number of carbonyl (C=O) groups excluding carboxylic acids is 2. The highest BCUT2D eigenvalue weighted by molar-refractivity contribution is 6.46. The SMILES string of the molecule is O=C1C(=O)N(CCCN2CCOCC2)[C@@H](c2ccc(O)cc2)/C1=C(\O)c1ccc(F)cc1. The van der Waals surface area contributed by atoms with Gasteiger partial charge in [0.05, 0.1) is 24.8 Å². The fourth-order valence-corrected chi connectivity index (χ4v) is 4.17. The van der Waals surface area contributed by atoms with Gasteiger partial charge in [-0.05, 0) is 48.4 Å². The maximum Gasteiger partial charge on any atom is 0.295 e. The molecule has 0 saturated carbocycles. The molecule has 0 unspecified atom stereocenters. The number of aromatic hydroxyl groups is 1. The number of likely N-dealkylation sites (tertiary alicyclic amines) is 1. The first-order valence-electron chi connectivity index (χ1n) is 10.6. The minimum Gasteiger partial charge on any atom is -0.508 e. The van der Waals surface area contributed by atoms with Crippen LogP contribution in [0.5, 0.6) is 5.75 Å². The van der Waals surface area contributed by atoms with E-state index in [0.29, 0.717) is 31.7 Å². The number of aliphatic hydroxyl groups is 1. The molecule has 2 aliphatic heterocycles. The van der Waals surface area contributed by atoms with E-state index in [0.717, 1.165) is 19.6 Å². The number of aliphatic hydroxyl groups excluding tert-OH is 1. The number of nitrogens with zero attached hydrogens (tertiary/aromatic N) is 2. The monoisotopic (exact) mass is 440 g/mol. The van der Waals surface area contributed by atoms with Gasteiger partial charge < -0.3 is 19.8 Å². The number of amides is 1. The quantitative estimate of drug-likeness (QED) is 0.408. The van der Waals surface area contributed by atoms with Crippen molar-refractivity contribution in [2.45, 2.75) is 12.5 Å². The summed E-state index contributed by atoms with van der Waals surface area (Å²) in [6.45, 7) is 4.08. The zero-order valence-corrected chi connectivity index (χ0v) is 17.5. The Hall–Kier alpha value is -3.23. The van der Waals surface area contributed by atoms with Gasteiger partial charge in [0.1, 0.15) is 17.3 Å². The second kappa shape index (κ2) is 9.50. The molecule has 1 amide bonds. The second-order valence-corrected chi connectivity index (χ2v) is 7.90. The van der Waals surface area contributed by atoms with Crippen molar-refractivity contribution in [1.29, 1.82) is 0 Å². The van der Waals surface area contributed by atoms with Gasteiger partial charge in [0.15, 0.2) is 0 Å². The van der Waals surface area contributed by atoms with E-state index in [2.05, 4.69) is 4.90 Å². The number of carbonyl (C=O) groups is 2. The third-order valence-electron chi connectivity index (χ3n) is 5.84. The fraction of sp³-hybridized carbons (Fsp3) is 0.333. The van der Waals surface area contributed by atoms with Gasteiger partial charge in [0, 0.05) is 31.7 Å². The van der Waals surface area contributed by atoms with Gasteiger partial charge in [-0.15, -0.1) is 0 Å². The van der Waals surface area contributed by atoms with Crippen LogP contribution in [0.3, 0.4) is 0 Å². The van der Waals surface area contributed by atoms with Crippen LogP contribution in [0.4, 0.5) is 4.39 Å². The van der Waals surface area contributed by atoms with Crippen molar-refractivity contribution in [3.8, 4) is 5.75 Å². The molecule has 2 saturated heterocycles. The molecule has 2 aromatic carbocycles. The summed E-state index contributed by atoms with van der Waals surface area (Å²) in [6, 6.07) is 10.5. The largest absolute Gasteiger partial charge is 0.508 e. The molecule has 2 heterocycles. The molecule has 1 atom stereocenters. The predicted octanol–water partition coefficient (Wildman–Crippen LogP) is 2.68. The van der Waals surface area contributed by atoms with Crippen molar-refractivity contribution in [3.05, 3.63) is 71.0 Å².